The molecule has 0 bridgehead atoms. The first kappa shape index (κ1) is 24.7. The first-order valence-electron chi connectivity index (χ1n) is 12.9. The molecule has 196 valence electrons. The van der Waals surface area contributed by atoms with Crippen molar-refractivity contribution < 1.29 is 14.2 Å². The van der Waals surface area contributed by atoms with Gasteiger partial charge in [-0.1, -0.05) is 31.5 Å². The maximum Gasteiger partial charge on any atom is 0.354 e. The van der Waals surface area contributed by atoms with Gasteiger partial charge in [-0.3, -0.25) is 9.55 Å². The molecule has 2 aliphatic rings. The molecule has 0 unspecified atom stereocenters. The number of ether oxygens (including phenoxy) is 1. The van der Waals surface area contributed by atoms with Crippen LogP contribution in [-0.2, 0) is 0 Å². The molecule has 0 aliphatic carbocycles. The number of hydrogen-bond acceptors (Lipinski definition) is 6. The van der Waals surface area contributed by atoms with E-state index in [4.69, 9.17) is 16.3 Å². The number of halogens is 2. The second kappa shape index (κ2) is 9.27. The number of piperidine rings is 1. The number of anilines is 1. The topological polar surface area (TPSA) is 80.5 Å². The van der Waals surface area contributed by atoms with Gasteiger partial charge in [-0.15, -0.1) is 0 Å². The van der Waals surface area contributed by atoms with E-state index in [2.05, 4.69) is 14.9 Å². The van der Waals surface area contributed by atoms with Crippen LogP contribution in [0, 0.1) is 12.7 Å². The van der Waals surface area contributed by atoms with Crippen LogP contribution in [0.1, 0.15) is 50.3 Å². The fourth-order valence-electron chi connectivity index (χ4n) is 5.75. The van der Waals surface area contributed by atoms with E-state index in [9.17, 15) is 9.90 Å². The number of aromatic nitrogens is 3. The molecule has 4 heterocycles. The van der Waals surface area contributed by atoms with Crippen LogP contribution in [0.25, 0.3) is 27.7 Å². The van der Waals surface area contributed by atoms with Gasteiger partial charge in [0, 0.05) is 18.3 Å². The minimum absolute atomic E-state index is 0.0202. The molecule has 2 aromatic heterocycles. The number of nitrogens with zero attached hydrogens (tertiary/aromatic N) is 4. The average Bonchev–Trinajstić information content (AvgIpc) is 3.05. The Morgan fingerprint density at radius 1 is 1.24 bits per heavy atom. The molecule has 1 fully saturated rings. The maximum atomic E-state index is 15.1. The zero-order chi connectivity index (χ0) is 26.7. The van der Waals surface area contributed by atoms with E-state index in [0.717, 1.165) is 37.1 Å². The molecule has 1 saturated heterocycles. The molecule has 1 atom stereocenters. The minimum Gasteiger partial charge on any atom is -0.507 e. The lowest BCUT2D eigenvalue weighted by molar-refractivity contribution is 0.268. The molecule has 4 aromatic rings. The summed E-state index contributed by atoms with van der Waals surface area (Å²) in [4.78, 5) is 25.3. The van der Waals surface area contributed by atoms with Crippen LogP contribution in [0.15, 0.2) is 41.3 Å². The van der Waals surface area contributed by atoms with E-state index in [1.807, 2.05) is 26.8 Å². The summed E-state index contributed by atoms with van der Waals surface area (Å²) >= 11 is 6.94. The highest BCUT2D eigenvalue weighted by atomic mass is 35.5. The highest BCUT2D eigenvalue weighted by Crippen LogP contribution is 2.49. The first-order chi connectivity index (χ1) is 18.3. The van der Waals surface area contributed by atoms with Gasteiger partial charge in [-0.05, 0) is 61.9 Å². The van der Waals surface area contributed by atoms with Crippen LogP contribution >= 0.6 is 11.6 Å². The van der Waals surface area contributed by atoms with Crippen LogP contribution in [0.2, 0.25) is 5.02 Å². The van der Waals surface area contributed by atoms with Gasteiger partial charge < -0.3 is 14.7 Å². The second-order valence-electron chi connectivity index (χ2n) is 10.3. The van der Waals surface area contributed by atoms with Crippen molar-refractivity contribution in [2.75, 3.05) is 18.1 Å². The van der Waals surface area contributed by atoms with E-state index in [1.165, 1.54) is 22.8 Å². The third-order valence-corrected chi connectivity index (χ3v) is 7.94. The number of aromatic hydroxyl groups is 1. The van der Waals surface area contributed by atoms with Crippen LogP contribution in [0.5, 0.6) is 11.5 Å². The van der Waals surface area contributed by atoms with E-state index >= 15 is 4.39 Å². The van der Waals surface area contributed by atoms with Crippen molar-refractivity contribution >= 4 is 28.3 Å². The Bertz CT molecular complexity index is 1630. The van der Waals surface area contributed by atoms with Crippen molar-refractivity contribution in [3.05, 3.63) is 69.1 Å². The highest BCUT2D eigenvalue weighted by molar-refractivity contribution is 6.36. The number of pyridine rings is 1. The zero-order valence-electron chi connectivity index (χ0n) is 21.5. The van der Waals surface area contributed by atoms with Gasteiger partial charge in [0.25, 0.3) is 0 Å². The Labute approximate surface area is 224 Å². The van der Waals surface area contributed by atoms with Crippen molar-refractivity contribution in [3.63, 3.8) is 0 Å². The highest BCUT2D eigenvalue weighted by Gasteiger charge is 2.34. The predicted octanol–water partition coefficient (Wildman–Crippen LogP) is 6.13. The van der Waals surface area contributed by atoms with Crippen molar-refractivity contribution in [1.82, 2.24) is 14.5 Å². The van der Waals surface area contributed by atoms with E-state index in [-0.39, 0.29) is 33.9 Å². The van der Waals surface area contributed by atoms with Crippen LogP contribution < -0.4 is 15.3 Å². The lowest BCUT2D eigenvalue weighted by Gasteiger charge is -2.35. The molecule has 0 amide bonds. The van der Waals surface area contributed by atoms with Gasteiger partial charge in [-0.2, -0.15) is 4.98 Å². The molecule has 2 aromatic carbocycles. The van der Waals surface area contributed by atoms with Gasteiger partial charge in [0.15, 0.2) is 5.75 Å². The quantitative estimate of drug-likeness (QED) is 0.340. The van der Waals surface area contributed by atoms with Crippen LogP contribution in [0.3, 0.4) is 0 Å². The molecule has 38 heavy (non-hydrogen) atoms. The Morgan fingerprint density at radius 3 is 2.82 bits per heavy atom. The number of phenolic OH excluding ortho intramolecular Hbond substituents is 1. The normalized spacial score (nSPS) is 16.9. The molecule has 0 spiro atoms. The monoisotopic (exact) mass is 534 g/mol. The Kier molecular flexibility index (Phi) is 6.02. The van der Waals surface area contributed by atoms with E-state index in [1.54, 1.807) is 12.3 Å². The van der Waals surface area contributed by atoms with Gasteiger partial charge in [-0.25, -0.2) is 9.18 Å². The molecule has 0 saturated carbocycles. The van der Waals surface area contributed by atoms with Gasteiger partial charge >= 0.3 is 5.69 Å². The standard InChI is InChI=1S/C29H28ClFN4O3/c1-15(2)25-26(16(3)10-11-32-25)35-20-13-18(22-19(31)8-6-9-21(22)36)24(30)27-23(20)28(33-29(35)37)34-12-5-4-7-17(34)14-38-27/h6,8-11,13,15,17,36H,4-5,7,12,14H2,1-3H3/t17-/m1/s1. The van der Waals surface area contributed by atoms with Crippen LogP contribution in [-0.4, -0.2) is 38.8 Å². The second-order valence-corrected chi connectivity index (χ2v) is 10.7. The lowest BCUT2D eigenvalue weighted by atomic mass is 9.99. The zero-order valence-corrected chi connectivity index (χ0v) is 22.2. The van der Waals surface area contributed by atoms with Crippen molar-refractivity contribution in [2.45, 2.75) is 52.0 Å². The molecule has 2 aliphatic heterocycles. The van der Waals surface area contributed by atoms with Gasteiger partial charge in [0.1, 0.15) is 24.0 Å². The summed E-state index contributed by atoms with van der Waals surface area (Å²) in [5.41, 5.74) is 2.41. The summed E-state index contributed by atoms with van der Waals surface area (Å²) in [6.07, 6.45) is 4.66. The minimum atomic E-state index is -0.631. The smallest absolute Gasteiger partial charge is 0.354 e. The number of phenols is 1. The summed E-state index contributed by atoms with van der Waals surface area (Å²) in [7, 11) is 0. The molecule has 1 N–H and O–H groups in total. The lowest BCUT2D eigenvalue weighted by Crippen LogP contribution is -2.43. The van der Waals surface area contributed by atoms with E-state index < -0.39 is 11.5 Å². The number of aryl methyl sites for hydroxylation is 1. The fraction of sp³-hybridized carbons (Fsp3) is 0.345. The predicted molar refractivity (Wildman–Crippen MR) is 147 cm³/mol. The molecule has 7 nitrogen and oxygen atoms in total. The number of fused-ring (bicyclic) bond motifs is 2. The number of rotatable bonds is 3. The summed E-state index contributed by atoms with van der Waals surface area (Å²) in [5, 5.41) is 11.4. The fourth-order valence-corrected chi connectivity index (χ4v) is 6.05. The third-order valence-electron chi connectivity index (χ3n) is 7.56. The molecule has 0 radical (unpaired) electrons. The molecule has 6 rings (SSSR count). The Balaban J connectivity index is 1.80. The number of benzene rings is 2. The Morgan fingerprint density at radius 2 is 2.05 bits per heavy atom. The molecular formula is C29H28ClFN4O3. The summed E-state index contributed by atoms with van der Waals surface area (Å²) < 4.78 is 23.0. The SMILES string of the molecule is Cc1ccnc(C(C)C)c1-n1c(=O)nc2c3c(c(Cl)c(-c4c(O)cccc4F)cc31)OC[C@H]1CCCCN21. The summed E-state index contributed by atoms with van der Waals surface area (Å²) in [6.45, 7) is 7.05. The Hall–Kier alpha value is -3.65. The molecule has 9 heteroatoms. The van der Waals surface area contributed by atoms with Gasteiger partial charge in [0.2, 0.25) is 0 Å². The first-order valence-corrected chi connectivity index (χ1v) is 13.3. The van der Waals surface area contributed by atoms with Crippen molar-refractivity contribution in [2.24, 2.45) is 0 Å². The summed E-state index contributed by atoms with van der Waals surface area (Å²) in [6, 6.07) is 7.65. The maximum absolute atomic E-state index is 15.1. The van der Waals surface area contributed by atoms with Gasteiger partial charge in [0.05, 0.1) is 38.9 Å². The van der Waals surface area contributed by atoms with Crippen molar-refractivity contribution in [1.29, 1.82) is 0 Å². The third kappa shape index (κ3) is 3.73. The number of hydrogen-bond donors (Lipinski definition) is 1. The molecular weight excluding hydrogens is 507 g/mol. The van der Waals surface area contributed by atoms with Crippen molar-refractivity contribution in [3.8, 4) is 28.3 Å². The summed E-state index contributed by atoms with van der Waals surface area (Å²) in [5.74, 6) is -0.00890. The van der Waals surface area contributed by atoms with E-state index in [0.29, 0.717) is 34.8 Å². The largest absolute Gasteiger partial charge is 0.507 e. The van der Waals surface area contributed by atoms with Crippen LogP contribution in [0.4, 0.5) is 10.2 Å². The average molecular weight is 535 g/mol.